The van der Waals surface area contributed by atoms with Gasteiger partial charge in [0.1, 0.15) is 0 Å². The lowest BCUT2D eigenvalue weighted by atomic mass is 10.2. The van der Waals surface area contributed by atoms with Gasteiger partial charge in [-0.05, 0) is 23.8 Å². The van der Waals surface area contributed by atoms with Crippen molar-refractivity contribution < 1.29 is 19.6 Å². The molecule has 0 fully saturated rings. The minimum Gasteiger partial charge on any atom is -0.308 e. The first kappa shape index (κ1) is 15.7. The Kier molecular flexibility index (Phi) is 7.53. The molecule has 0 aromatic heterocycles. The quantitative estimate of drug-likeness (QED) is 0.454. The standard InChI is InChI=1S/C11H15Cl2NO4/c1-15-17-11(18-16-2)7-14-6-8-3-9(12)5-10(13)4-8/h3-5,11,14H,6-7H2,1-2H3. The molecule has 0 saturated carbocycles. The van der Waals surface area contributed by atoms with Gasteiger partial charge in [0, 0.05) is 16.6 Å². The number of halogens is 2. The summed E-state index contributed by atoms with van der Waals surface area (Å²) in [7, 11) is 2.78. The molecule has 1 aromatic carbocycles. The van der Waals surface area contributed by atoms with E-state index in [1.807, 2.05) is 12.1 Å². The molecule has 0 saturated heterocycles. The molecule has 7 heteroatoms. The van der Waals surface area contributed by atoms with Gasteiger partial charge in [-0.2, -0.15) is 0 Å². The highest BCUT2D eigenvalue weighted by atomic mass is 35.5. The highest BCUT2D eigenvalue weighted by Crippen LogP contribution is 2.18. The Bertz CT molecular complexity index is 339. The molecule has 102 valence electrons. The second-order valence-corrected chi connectivity index (χ2v) is 4.24. The van der Waals surface area contributed by atoms with Crippen LogP contribution in [0.3, 0.4) is 0 Å². The fraction of sp³-hybridized carbons (Fsp3) is 0.455. The predicted octanol–water partition coefficient (Wildman–Crippen LogP) is 2.57. The van der Waals surface area contributed by atoms with Crippen LogP contribution in [0.2, 0.25) is 10.0 Å². The van der Waals surface area contributed by atoms with Gasteiger partial charge in [-0.25, -0.2) is 19.6 Å². The van der Waals surface area contributed by atoms with E-state index in [-0.39, 0.29) is 0 Å². The van der Waals surface area contributed by atoms with Crippen LogP contribution in [0.4, 0.5) is 0 Å². The number of hydrogen-bond acceptors (Lipinski definition) is 5. The molecule has 1 N–H and O–H groups in total. The average molecular weight is 296 g/mol. The van der Waals surface area contributed by atoms with Crippen molar-refractivity contribution in [3.05, 3.63) is 33.8 Å². The van der Waals surface area contributed by atoms with Crippen molar-refractivity contribution in [2.75, 3.05) is 20.8 Å². The Hall–Kier alpha value is -0.400. The molecule has 0 radical (unpaired) electrons. The molecular formula is C11H15Cl2NO4. The summed E-state index contributed by atoms with van der Waals surface area (Å²) in [6.45, 7) is 0.947. The SMILES string of the molecule is COOC(CNCc1cc(Cl)cc(Cl)c1)OOC. The first-order valence-electron chi connectivity index (χ1n) is 5.20. The topological polar surface area (TPSA) is 49.0 Å². The van der Waals surface area contributed by atoms with Gasteiger partial charge >= 0.3 is 0 Å². The fourth-order valence-electron chi connectivity index (χ4n) is 1.35. The minimum atomic E-state index is -0.658. The summed E-state index contributed by atoms with van der Waals surface area (Å²) in [5.41, 5.74) is 0.959. The Morgan fingerprint density at radius 1 is 1.06 bits per heavy atom. The molecule has 0 aliphatic rings. The zero-order valence-corrected chi connectivity index (χ0v) is 11.6. The maximum atomic E-state index is 5.89. The summed E-state index contributed by atoms with van der Waals surface area (Å²) in [6.07, 6.45) is -0.658. The van der Waals surface area contributed by atoms with Crippen molar-refractivity contribution in [2.24, 2.45) is 0 Å². The summed E-state index contributed by atoms with van der Waals surface area (Å²) in [4.78, 5) is 18.6. The highest BCUT2D eigenvalue weighted by molar-refractivity contribution is 6.34. The summed E-state index contributed by atoms with van der Waals surface area (Å²) >= 11 is 11.8. The number of rotatable bonds is 8. The van der Waals surface area contributed by atoms with Gasteiger partial charge < -0.3 is 5.32 Å². The third-order valence-electron chi connectivity index (χ3n) is 1.97. The third kappa shape index (κ3) is 5.97. The van der Waals surface area contributed by atoms with Gasteiger partial charge in [0.25, 0.3) is 0 Å². The summed E-state index contributed by atoms with van der Waals surface area (Å²) in [6, 6.07) is 5.32. The lowest BCUT2D eigenvalue weighted by Gasteiger charge is -2.14. The molecule has 5 nitrogen and oxygen atoms in total. The maximum absolute atomic E-state index is 5.89. The van der Waals surface area contributed by atoms with E-state index in [1.165, 1.54) is 14.2 Å². The normalized spacial score (nSPS) is 11.2. The molecule has 18 heavy (non-hydrogen) atoms. The monoisotopic (exact) mass is 295 g/mol. The molecule has 0 bridgehead atoms. The molecule has 1 aromatic rings. The van der Waals surface area contributed by atoms with Crippen LogP contribution in [0.25, 0.3) is 0 Å². The van der Waals surface area contributed by atoms with Crippen molar-refractivity contribution in [2.45, 2.75) is 12.8 Å². The molecule has 0 spiro atoms. The van der Waals surface area contributed by atoms with Crippen molar-refractivity contribution in [1.29, 1.82) is 0 Å². The Morgan fingerprint density at radius 2 is 1.61 bits per heavy atom. The van der Waals surface area contributed by atoms with Gasteiger partial charge in [0.05, 0.1) is 20.8 Å². The Balaban J connectivity index is 2.39. The van der Waals surface area contributed by atoms with E-state index in [9.17, 15) is 0 Å². The van der Waals surface area contributed by atoms with Gasteiger partial charge in [0.15, 0.2) is 0 Å². The van der Waals surface area contributed by atoms with Crippen LogP contribution in [0.1, 0.15) is 5.56 Å². The van der Waals surface area contributed by atoms with Crippen molar-refractivity contribution >= 4 is 23.2 Å². The Labute approximate surface area is 116 Å². The van der Waals surface area contributed by atoms with Crippen molar-refractivity contribution in [1.82, 2.24) is 5.32 Å². The van der Waals surface area contributed by atoms with E-state index >= 15 is 0 Å². The van der Waals surface area contributed by atoms with Gasteiger partial charge in [0.2, 0.25) is 6.29 Å². The number of hydrogen-bond donors (Lipinski definition) is 1. The molecular weight excluding hydrogens is 281 g/mol. The van der Waals surface area contributed by atoms with E-state index < -0.39 is 6.29 Å². The smallest absolute Gasteiger partial charge is 0.236 e. The first-order chi connectivity index (χ1) is 8.65. The minimum absolute atomic E-state index is 0.381. The van der Waals surface area contributed by atoms with Crippen LogP contribution in [0, 0.1) is 0 Å². The van der Waals surface area contributed by atoms with Gasteiger partial charge in [-0.1, -0.05) is 23.2 Å². The fourth-order valence-corrected chi connectivity index (χ4v) is 1.92. The zero-order chi connectivity index (χ0) is 13.4. The lowest BCUT2D eigenvalue weighted by Crippen LogP contribution is -2.30. The molecule has 0 aliphatic heterocycles. The summed E-state index contributed by atoms with van der Waals surface area (Å²) in [5, 5.41) is 4.29. The zero-order valence-electron chi connectivity index (χ0n) is 10.1. The number of benzene rings is 1. The van der Waals surface area contributed by atoms with E-state index in [2.05, 4.69) is 15.1 Å². The lowest BCUT2D eigenvalue weighted by molar-refractivity contribution is -0.445. The first-order valence-corrected chi connectivity index (χ1v) is 5.96. The third-order valence-corrected chi connectivity index (χ3v) is 2.41. The Morgan fingerprint density at radius 3 is 2.11 bits per heavy atom. The second kappa shape index (κ2) is 8.66. The largest absolute Gasteiger partial charge is 0.308 e. The van der Waals surface area contributed by atoms with Crippen molar-refractivity contribution in [3.8, 4) is 0 Å². The molecule has 1 rings (SSSR count). The van der Waals surface area contributed by atoms with Crippen LogP contribution in [0.5, 0.6) is 0 Å². The molecule has 0 atom stereocenters. The second-order valence-electron chi connectivity index (χ2n) is 3.36. The maximum Gasteiger partial charge on any atom is 0.236 e. The van der Waals surface area contributed by atoms with Gasteiger partial charge in [-0.3, -0.25) is 0 Å². The predicted molar refractivity (Wildman–Crippen MR) is 68.1 cm³/mol. The van der Waals surface area contributed by atoms with Crippen LogP contribution in [-0.4, -0.2) is 27.1 Å². The van der Waals surface area contributed by atoms with Crippen LogP contribution < -0.4 is 5.32 Å². The van der Waals surface area contributed by atoms with E-state index in [4.69, 9.17) is 33.0 Å². The van der Waals surface area contributed by atoms with Crippen LogP contribution in [0.15, 0.2) is 18.2 Å². The van der Waals surface area contributed by atoms with Crippen LogP contribution >= 0.6 is 23.2 Å². The van der Waals surface area contributed by atoms with E-state index in [0.29, 0.717) is 23.1 Å². The summed E-state index contributed by atoms with van der Waals surface area (Å²) in [5.74, 6) is 0. The van der Waals surface area contributed by atoms with Crippen LogP contribution in [-0.2, 0) is 26.1 Å². The molecule has 0 amide bonds. The van der Waals surface area contributed by atoms with Gasteiger partial charge in [-0.15, -0.1) is 0 Å². The molecule has 0 unspecified atom stereocenters. The highest BCUT2D eigenvalue weighted by Gasteiger charge is 2.10. The van der Waals surface area contributed by atoms with Crippen molar-refractivity contribution in [3.63, 3.8) is 0 Å². The number of nitrogens with one attached hydrogen (secondary N) is 1. The average Bonchev–Trinajstić information content (AvgIpc) is 2.28. The van der Waals surface area contributed by atoms with E-state index in [1.54, 1.807) is 6.07 Å². The van der Waals surface area contributed by atoms with E-state index in [0.717, 1.165) is 5.56 Å². The summed E-state index contributed by atoms with van der Waals surface area (Å²) < 4.78 is 0. The molecule has 0 heterocycles. The molecule has 0 aliphatic carbocycles.